The van der Waals surface area contributed by atoms with Gasteiger partial charge >= 0.3 is 5.97 Å². The monoisotopic (exact) mass is 182 g/mol. The molecule has 13 heavy (non-hydrogen) atoms. The fraction of sp³-hybridized carbons (Fsp3) is 0.222. The second kappa shape index (κ2) is 4.35. The average molecular weight is 182 g/mol. The Morgan fingerprint density at radius 3 is 3.08 bits per heavy atom. The number of carbonyl (C=O) groups is 1. The van der Waals surface area contributed by atoms with E-state index in [-0.39, 0.29) is 12.4 Å². The molecule has 0 atom stereocenters. The molecule has 4 heteroatoms. The second-order valence-electron chi connectivity index (χ2n) is 2.29. The molecule has 4 nitrogen and oxygen atoms in total. The molecule has 0 saturated carbocycles. The number of esters is 1. The van der Waals surface area contributed by atoms with Crippen molar-refractivity contribution in [3.63, 3.8) is 0 Å². The minimum Gasteiger partial charge on any atom is -0.507 e. The number of aliphatic hydroxyl groups excluding tert-OH is 1. The molecule has 1 aromatic heterocycles. The minimum atomic E-state index is -0.568. The van der Waals surface area contributed by atoms with Crippen LogP contribution in [-0.4, -0.2) is 17.7 Å². The van der Waals surface area contributed by atoms with E-state index in [4.69, 9.17) is 4.42 Å². The highest BCUT2D eigenvalue weighted by Gasteiger charge is 2.03. The van der Waals surface area contributed by atoms with Crippen LogP contribution in [0, 0.1) is 0 Å². The molecule has 1 N–H and O–H groups in total. The normalized spacial score (nSPS) is 11.3. The highest BCUT2D eigenvalue weighted by Crippen LogP contribution is 2.10. The Balaban J connectivity index is 2.67. The summed E-state index contributed by atoms with van der Waals surface area (Å²) in [7, 11) is 0. The third kappa shape index (κ3) is 2.66. The van der Waals surface area contributed by atoms with Crippen LogP contribution in [0.15, 0.2) is 29.1 Å². The zero-order chi connectivity index (χ0) is 9.68. The molecule has 1 rings (SSSR count). The van der Waals surface area contributed by atoms with Crippen LogP contribution in [0.4, 0.5) is 0 Å². The molecule has 0 aliphatic carbocycles. The molecule has 0 aliphatic heterocycles. The van der Waals surface area contributed by atoms with Crippen LogP contribution in [0.1, 0.15) is 12.5 Å². The quantitative estimate of drug-likeness (QED) is 0.439. The Morgan fingerprint density at radius 1 is 1.77 bits per heavy atom. The van der Waals surface area contributed by atoms with Crippen LogP contribution in [0.5, 0.6) is 0 Å². The van der Waals surface area contributed by atoms with Gasteiger partial charge in [0.1, 0.15) is 12.0 Å². The first-order valence-corrected chi connectivity index (χ1v) is 3.84. The van der Waals surface area contributed by atoms with Gasteiger partial charge in [-0.1, -0.05) is 0 Å². The van der Waals surface area contributed by atoms with E-state index >= 15 is 0 Å². The summed E-state index contributed by atoms with van der Waals surface area (Å²) < 4.78 is 9.33. The average Bonchev–Trinajstić information content (AvgIpc) is 2.55. The van der Waals surface area contributed by atoms with E-state index in [1.807, 2.05) is 0 Å². The van der Waals surface area contributed by atoms with Crippen LogP contribution in [0.25, 0.3) is 5.76 Å². The van der Waals surface area contributed by atoms with Gasteiger partial charge < -0.3 is 14.3 Å². The fourth-order valence-corrected chi connectivity index (χ4v) is 0.789. The van der Waals surface area contributed by atoms with Gasteiger partial charge in [-0.25, -0.2) is 4.79 Å². The topological polar surface area (TPSA) is 59.7 Å². The molecule has 0 unspecified atom stereocenters. The van der Waals surface area contributed by atoms with Gasteiger partial charge in [0.25, 0.3) is 0 Å². The van der Waals surface area contributed by atoms with Crippen molar-refractivity contribution in [3.8, 4) is 0 Å². The summed E-state index contributed by atoms with van der Waals surface area (Å²) in [5.41, 5.74) is 0.452. The number of furan rings is 1. The molecule has 0 amide bonds. The van der Waals surface area contributed by atoms with Crippen LogP contribution >= 0.6 is 0 Å². The molecule has 0 radical (unpaired) electrons. The number of aliphatic hydroxyl groups is 1. The molecule has 0 saturated heterocycles. The summed E-state index contributed by atoms with van der Waals surface area (Å²) in [5, 5.41) is 9.31. The number of carbonyl (C=O) groups excluding carboxylic acids is 1. The Labute approximate surface area is 75.4 Å². The molecule has 70 valence electrons. The van der Waals surface area contributed by atoms with E-state index in [0.29, 0.717) is 5.56 Å². The highest BCUT2D eigenvalue weighted by molar-refractivity contribution is 5.89. The standard InChI is InChI=1S/C9H10O4/c1-2-13-9(11)5-8(10)7-3-4-12-6-7/h3-6,10H,2H2,1H3. The van der Waals surface area contributed by atoms with Gasteiger partial charge in [0.05, 0.1) is 24.5 Å². The lowest BCUT2D eigenvalue weighted by atomic mass is 10.3. The lowest BCUT2D eigenvalue weighted by Gasteiger charge is -1.96. The molecule has 0 fully saturated rings. The molecule has 0 aromatic carbocycles. The lowest BCUT2D eigenvalue weighted by Crippen LogP contribution is -2.00. The summed E-state index contributed by atoms with van der Waals surface area (Å²) in [5.74, 6) is -0.728. The lowest BCUT2D eigenvalue weighted by molar-refractivity contribution is -0.137. The van der Waals surface area contributed by atoms with E-state index in [2.05, 4.69) is 4.74 Å². The third-order valence-electron chi connectivity index (χ3n) is 1.36. The Kier molecular flexibility index (Phi) is 3.14. The van der Waals surface area contributed by atoms with E-state index in [1.165, 1.54) is 12.5 Å². The van der Waals surface area contributed by atoms with Gasteiger partial charge in [0.15, 0.2) is 0 Å². The predicted molar refractivity (Wildman–Crippen MR) is 45.9 cm³/mol. The first-order valence-electron chi connectivity index (χ1n) is 3.84. The first kappa shape index (κ1) is 9.38. The van der Waals surface area contributed by atoms with Gasteiger partial charge in [0, 0.05) is 0 Å². The maximum Gasteiger partial charge on any atom is 0.334 e. The van der Waals surface area contributed by atoms with Crippen molar-refractivity contribution < 1.29 is 19.1 Å². The maximum absolute atomic E-state index is 10.9. The van der Waals surface area contributed by atoms with Crippen LogP contribution in [0.2, 0.25) is 0 Å². The predicted octanol–water partition coefficient (Wildman–Crippen LogP) is 1.74. The molecule has 0 aliphatic rings. The minimum absolute atomic E-state index is 0.160. The fourth-order valence-electron chi connectivity index (χ4n) is 0.789. The van der Waals surface area contributed by atoms with Gasteiger partial charge in [-0.05, 0) is 13.0 Å². The zero-order valence-electron chi connectivity index (χ0n) is 7.19. The molecule has 0 spiro atoms. The van der Waals surface area contributed by atoms with Crippen LogP contribution in [0.3, 0.4) is 0 Å². The number of hydrogen-bond donors (Lipinski definition) is 1. The van der Waals surface area contributed by atoms with Crippen molar-refractivity contribution >= 4 is 11.7 Å². The van der Waals surface area contributed by atoms with Crippen molar-refractivity contribution in [1.29, 1.82) is 0 Å². The van der Waals surface area contributed by atoms with Crippen molar-refractivity contribution in [3.05, 3.63) is 30.2 Å². The third-order valence-corrected chi connectivity index (χ3v) is 1.36. The van der Waals surface area contributed by atoms with E-state index < -0.39 is 5.97 Å². The number of rotatable bonds is 3. The first-order chi connectivity index (χ1) is 6.24. The second-order valence-corrected chi connectivity index (χ2v) is 2.29. The summed E-state index contributed by atoms with van der Waals surface area (Å²) in [4.78, 5) is 10.9. The summed E-state index contributed by atoms with van der Waals surface area (Å²) in [6, 6.07) is 1.55. The SMILES string of the molecule is CCOC(=O)C=C(O)c1ccoc1. The van der Waals surface area contributed by atoms with Gasteiger partial charge in [-0.15, -0.1) is 0 Å². The van der Waals surface area contributed by atoms with E-state index in [0.717, 1.165) is 6.08 Å². The summed E-state index contributed by atoms with van der Waals surface area (Å²) >= 11 is 0. The Bertz CT molecular complexity index is 297. The number of ether oxygens (including phenoxy) is 1. The van der Waals surface area contributed by atoms with E-state index in [1.54, 1.807) is 13.0 Å². The molecule has 0 bridgehead atoms. The molecule has 1 aromatic rings. The van der Waals surface area contributed by atoms with Crippen molar-refractivity contribution in [2.24, 2.45) is 0 Å². The summed E-state index contributed by atoms with van der Waals surface area (Å²) in [6.07, 6.45) is 3.75. The molecular formula is C9H10O4. The van der Waals surface area contributed by atoms with Crippen molar-refractivity contribution in [1.82, 2.24) is 0 Å². The van der Waals surface area contributed by atoms with Crippen LogP contribution < -0.4 is 0 Å². The Hall–Kier alpha value is -1.71. The highest BCUT2D eigenvalue weighted by atomic mass is 16.5. The molecular weight excluding hydrogens is 172 g/mol. The van der Waals surface area contributed by atoms with Crippen molar-refractivity contribution in [2.75, 3.05) is 6.61 Å². The van der Waals surface area contributed by atoms with E-state index in [9.17, 15) is 9.90 Å². The smallest absolute Gasteiger partial charge is 0.334 e. The molecule has 1 heterocycles. The Morgan fingerprint density at radius 2 is 2.54 bits per heavy atom. The van der Waals surface area contributed by atoms with Gasteiger partial charge in [-0.2, -0.15) is 0 Å². The summed E-state index contributed by atoms with van der Waals surface area (Å²) in [6.45, 7) is 1.98. The van der Waals surface area contributed by atoms with Crippen LogP contribution in [-0.2, 0) is 9.53 Å². The number of hydrogen-bond acceptors (Lipinski definition) is 4. The van der Waals surface area contributed by atoms with Gasteiger partial charge in [0.2, 0.25) is 0 Å². The zero-order valence-corrected chi connectivity index (χ0v) is 7.19. The van der Waals surface area contributed by atoms with Gasteiger partial charge in [-0.3, -0.25) is 0 Å². The maximum atomic E-state index is 10.9. The van der Waals surface area contributed by atoms with Crippen molar-refractivity contribution in [2.45, 2.75) is 6.92 Å². The largest absolute Gasteiger partial charge is 0.507 e.